The van der Waals surface area contributed by atoms with Crippen LogP contribution in [0.1, 0.15) is 46.5 Å². The lowest BCUT2D eigenvalue weighted by Gasteiger charge is -2.29. The molecule has 5 nitrogen and oxygen atoms in total. The second-order valence-corrected chi connectivity index (χ2v) is 6.10. The Morgan fingerprint density at radius 1 is 1.26 bits per heavy atom. The molecule has 1 amide bonds. The summed E-state index contributed by atoms with van der Waals surface area (Å²) in [5.41, 5.74) is -0.438. The molecule has 1 aliphatic rings. The van der Waals surface area contributed by atoms with Gasteiger partial charge in [-0.3, -0.25) is 0 Å². The number of nitrogens with one attached hydrogen (secondary N) is 2. The molecule has 1 rings (SSSR count). The quantitative estimate of drug-likeness (QED) is 0.752. The molecule has 0 heterocycles. The minimum absolute atomic E-state index is 0.354. The number of carbonyl (C=O) groups excluding carboxylic acids is 1. The molecular weight excluding hydrogens is 244 g/mol. The summed E-state index contributed by atoms with van der Waals surface area (Å²) in [5, 5.41) is 6.20. The van der Waals surface area contributed by atoms with Crippen molar-refractivity contribution < 1.29 is 14.3 Å². The zero-order chi connectivity index (χ0) is 14.3. The average Bonchev–Trinajstić information content (AvgIpc) is 2.33. The maximum atomic E-state index is 11.4. The van der Waals surface area contributed by atoms with Gasteiger partial charge < -0.3 is 20.1 Å². The molecule has 2 unspecified atom stereocenters. The Morgan fingerprint density at radius 3 is 2.63 bits per heavy atom. The van der Waals surface area contributed by atoms with Crippen LogP contribution in [0.2, 0.25) is 0 Å². The van der Waals surface area contributed by atoms with E-state index in [9.17, 15) is 4.79 Å². The van der Waals surface area contributed by atoms with Crippen molar-refractivity contribution in [2.24, 2.45) is 0 Å². The molecule has 2 atom stereocenters. The maximum absolute atomic E-state index is 11.4. The zero-order valence-corrected chi connectivity index (χ0v) is 12.6. The van der Waals surface area contributed by atoms with E-state index in [0.717, 1.165) is 19.4 Å². The van der Waals surface area contributed by atoms with Crippen molar-refractivity contribution in [3.05, 3.63) is 0 Å². The Morgan fingerprint density at radius 2 is 2.00 bits per heavy atom. The number of ether oxygens (including phenoxy) is 2. The predicted molar refractivity (Wildman–Crippen MR) is 75.3 cm³/mol. The number of hydrogen-bond acceptors (Lipinski definition) is 4. The molecule has 0 spiro atoms. The molecule has 1 aliphatic carbocycles. The van der Waals surface area contributed by atoms with Crippen molar-refractivity contribution in [2.45, 2.75) is 64.2 Å². The number of amides is 1. The maximum Gasteiger partial charge on any atom is 0.407 e. The third kappa shape index (κ3) is 7.38. The van der Waals surface area contributed by atoms with E-state index in [-0.39, 0.29) is 6.09 Å². The predicted octanol–water partition coefficient (Wildman–Crippen LogP) is 2.06. The van der Waals surface area contributed by atoms with Gasteiger partial charge in [0.05, 0.1) is 6.10 Å². The van der Waals surface area contributed by atoms with E-state index >= 15 is 0 Å². The van der Waals surface area contributed by atoms with Crippen LogP contribution in [-0.2, 0) is 9.47 Å². The van der Waals surface area contributed by atoms with Gasteiger partial charge in [-0.2, -0.15) is 0 Å². The van der Waals surface area contributed by atoms with E-state index in [4.69, 9.17) is 9.47 Å². The lowest BCUT2D eigenvalue weighted by molar-refractivity contribution is 0.0517. The summed E-state index contributed by atoms with van der Waals surface area (Å²) in [6.45, 7) is 6.93. The Hall–Kier alpha value is -0.810. The monoisotopic (exact) mass is 272 g/mol. The standard InChI is InChI=1S/C14H28N2O3/c1-14(2,3)19-13(17)16-9-8-15-11-6-5-7-12(10-11)18-4/h11-12,15H,5-10H2,1-4H3,(H,16,17). The first kappa shape index (κ1) is 16.2. The molecule has 0 aliphatic heterocycles. The minimum atomic E-state index is -0.438. The van der Waals surface area contributed by atoms with Gasteiger partial charge in [0.1, 0.15) is 5.60 Å². The highest BCUT2D eigenvalue weighted by molar-refractivity contribution is 5.67. The van der Waals surface area contributed by atoms with Gasteiger partial charge >= 0.3 is 6.09 Å². The first-order chi connectivity index (χ1) is 8.90. The molecule has 1 fully saturated rings. The molecule has 0 aromatic carbocycles. The van der Waals surface area contributed by atoms with Gasteiger partial charge in [-0.15, -0.1) is 0 Å². The number of carbonyl (C=O) groups is 1. The van der Waals surface area contributed by atoms with E-state index in [0.29, 0.717) is 18.7 Å². The second-order valence-electron chi connectivity index (χ2n) is 6.10. The molecular formula is C14H28N2O3. The topological polar surface area (TPSA) is 59.6 Å². The third-order valence-electron chi connectivity index (χ3n) is 3.19. The van der Waals surface area contributed by atoms with Crippen LogP contribution in [0.3, 0.4) is 0 Å². The molecule has 0 radical (unpaired) electrons. The van der Waals surface area contributed by atoms with Crippen molar-refractivity contribution in [2.75, 3.05) is 20.2 Å². The Kier molecular flexibility index (Phi) is 6.58. The van der Waals surface area contributed by atoms with Crippen LogP contribution in [0.15, 0.2) is 0 Å². The number of alkyl carbamates (subject to hydrolysis) is 1. The van der Waals surface area contributed by atoms with E-state index in [1.807, 2.05) is 20.8 Å². The van der Waals surface area contributed by atoms with Crippen LogP contribution in [0.5, 0.6) is 0 Å². The average molecular weight is 272 g/mol. The Labute approximate surface area is 116 Å². The fourth-order valence-corrected chi connectivity index (χ4v) is 2.30. The van der Waals surface area contributed by atoms with Crippen LogP contribution < -0.4 is 10.6 Å². The van der Waals surface area contributed by atoms with Crippen molar-refractivity contribution in [1.29, 1.82) is 0 Å². The Balaban J connectivity index is 2.09. The van der Waals surface area contributed by atoms with Crippen LogP contribution in [0.4, 0.5) is 4.79 Å². The molecule has 0 bridgehead atoms. The molecule has 1 saturated carbocycles. The second kappa shape index (κ2) is 7.70. The van der Waals surface area contributed by atoms with Gasteiger partial charge in [-0.25, -0.2) is 4.79 Å². The molecule has 0 aromatic heterocycles. The Bertz CT molecular complexity index is 276. The lowest BCUT2D eigenvalue weighted by atomic mass is 9.93. The van der Waals surface area contributed by atoms with E-state index in [2.05, 4.69) is 10.6 Å². The summed E-state index contributed by atoms with van der Waals surface area (Å²) < 4.78 is 10.6. The van der Waals surface area contributed by atoms with Crippen LogP contribution in [0, 0.1) is 0 Å². The lowest BCUT2D eigenvalue weighted by Crippen LogP contribution is -2.41. The summed E-state index contributed by atoms with van der Waals surface area (Å²) in [5.74, 6) is 0. The van der Waals surface area contributed by atoms with Gasteiger partial charge in [-0.05, 0) is 46.5 Å². The molecule has 5 heteroatoms. The SMILES string of the molecule is COC1CCCC(NCCNC(=O)OC(C)(C)C)C1. The van der Waals surface area contributed by atoms with Crippen molar-refractivity contribution in [3.8, 4) is 0 Å². The summed E-state index contributed by atoms with van der Waals surface area (Å²) >= 11 is 0. The molecule has 2 N–H and O–H groups in total. The highest BCUT2D eigenvalue weighted by Crippen LogP contribution is 2.20. The largest absolute Gasteiger partial charge is 0.444 e. The molecule has 112 valence electrons. The normalized spacial score (nSPS) is 24.0. The first-order valence-corrected chi connectivity index (χ1v) is 7.14. The summed E-state index contributed by atoms with van der Waals surface area (Å²) in [4.78, 5) is 11.4. The van der Waals surface area contributed by atoms with E-state index in [1.165, 1.54) is 12.8 Å². The highest BCUT2D eigenvalue weighted by Gasteiger charge is 2.21. The molecule has 0 saturated heterocycles. The molecule has 19 heavy (non-hydrogen) atoms. The highest BCUT2D eigenvalue weighted by atomic mass is 16.6. The van der Waals surface area contributed by atoms with E-state index < -0.39 is 5.60 Å². The zero-order valence-electron chi connectivity index (χ0n) is 12.6. The summed E-state index contributed by atoms with van der Waals surface area (Å²) in [7, 11) is 1.77. The number of methoxy groups -OCH3 is 1. The van der Waals surface area contributed by atoms with Crippen molar-refractivity contribution >= 4 is 6.09 Å². The van der Waals surface area contributed by atoms with Gasteiger partial charge in [0.25, 0.3) is 0 Å². The van der Waals surface area contributed by atoms with Gasteiger partial charge in [0.2, 0.25) is 0 Å². The number of hydrogen-bond donors (Lipinski definition) is 2. The smallest absolute Gasteiger partial charge is 0.407 e. The van der Waals surface area contributed by atoms with Crippen molar-refractivity contribution in [3.63, 3.8) is 0 Å². The summed E-state index contributed by atoms with van der Waals surface area (Å²) in [6, 6.07) is 0.499. The van der Waals surface area contributed by atoms with Crippen LogP contribution in [-0.4, -0.2) is 44.0 Å². The van der Waals surface area contributed by atoms with Crippen LogP contribution >= 0.6 is 0 Å². The number of rotatable bonds is 5. The first-order valence-electron chi connectivity index (χ1n) is 7.14. The molecule has 0 aromatic rings. The van der Waals surface area contributed by atoms with Crippen molar-refractivity contribution in [1.82, 2.24) is 10.6 Å². The van der Waals surface area contributed by atoms with E-state index in [1.54, 1.807) is 7.11 Å². The fraction of sp³-hybridized carbons (Fsp3) is 0.929. The summed E-state index contributed by atoms with van der Waals surface area (Å²) in [6.07, 6.45) is 4.63. The van der Waals surface area contributed by atoms with Gasteiger partial charge in [0.15, 0.2) is 0 Å². The minimum Gasteiger partial charge on any atom is -0.444 e. The third-order valence-corrected chi connectivity index (χ3v) is 3.19. The van der Waals surface area contributed by atoms with Gasteiger partial charge in [0, 0.05) is 26.2 Å². The fourth-order valence-electron chi connectivity index (χ4n) is 2.30. The van der Waals surface area contributed by atoms with Crippen LogP contribution in [0.25, 0.3) is 0 Å². The van der Waals surface area contributed by atoms with Gasteiger partial charge in [-0.1, -0.05) is 0 Å².